The third-order valence-corrected chi connectivity index (χ3v) is 4.15. The molecule has 0 amide bonds. The van der Waals surface area contributed by atoms with E-state index >= 15 is 0 Å². The van der Waals surface area contributed by atoms with E-state index in [0.717, 1.165) is 5.56 Å². The van der Waals surface area contributed by atoms with Gasteiger partial charge in [-0.2, -0.15) is 0 Å². The fourth-order valence-corrected chi connectivity index (χ4v) is 2.57. The molecule has 0 unspecified atom stereocenters. The maximum Gasteiger partial charge on any atom is 0.441 e. The summed E-state index contributed by atoms with van der Waals surface area (Å²) >= 11 is 3.33. The average molecular weight is 381 g/mol. The van der Waals surface area contributed by atoms with Gasteiger partial charge in [0.1, 0.15) is 11.6 Å². The van der Waals surface area contributed by atoms with E-state index in [-0.39, 0.29) is 12.4 Å². The predicted octanol–water partition coefficient (Wildman–Crippen LogP) is 3.52. The Morgan fingerprint density at radius 3 is 2.52 bits per heavy atom. The average Bonchev–Trinajstić information content (AvgIpc) is 2.86. The Labute approximate surface area is 138 Å². The lowest BCUT2D eigenvalue weighted by atomic mass is 10.1. The highest BCUT2D eigenvalue weighted by atomic mass is 79.9. The Morgan fingerprint density at radius 2 is 1.78 bits per heavy atom. The van der Waals surface area contributed by atoms with E-state index in [1.54, 1.807) is 18.2 Å². The first-order chi connectivity index (χ1) is 11.0. The van der Waals surface area contributed by atoms with Gasteiger partial charge in [-0.3, -0.25) is 9.09 Å². The molecule has 0 atom stereocenters. The van der Waals surface area contributed by atoms with Gasteiger partial charge in [-0.15, -0.1) is 0 Å². The summed E-state index contributed by atoms with van der Waals surface area (Å²) in [6, 6.07) is 10.1. The molecule has 0 bridgehead atoms. The third-order valence-electron chi connectivity index (χ3n) is 3.37. The molecule has 3 rings (SSSR count). The van der Waals surface area contributed by atoms with E-state index in [4.69, 9.17) is 4.52 Å². The molecule has 0 radical (unpaired) electrons. The van der Waals surface area contributed by atoms with Crippen LogP contribution < -0.4 is 5.76 Å². The first-order valence-electron chi connectivity index (χ1n) is 6.76. The molecule has 0 saturated carbocycles. The van der Waals surface area contributed by atoms with E-state index in [1.165, 1.54) is 28.8 Å². The first kappa shape index (κ1) is 15.6. The second-order valence-electron chi connectivity index (χ2n) is 4.99. The number of rotatable bonds is 4. The zero-order valence-corrected chi connectivity index (χ0v) is 13.4. The minimum absolute atomic E-state index is 0.122. The second kappa shape index (κ2) is 6.45. The lowest BCUT2D eigenvalue weighted by Gasteiger charge is -2.07. The van der Waals surface area contributed by atoms with Crippen LogP contribution in [-0.4, -0.2) is 9.72 Å². The van der Waals surface area contributed by atoms with Crippen LogP contribution >= 0.6 is 15.9 Å². The van der Waals surface area contributed by atoms with Gasteiger partial charge in [0.2, 0.25) is 0 Å². The Hall–Kier alpha value is -2.28. The van der Waals surface area contributed by atoms with Crippen molar-refractivity contribution < 1.29 is 13.3 Å². The molecule has 118 valence electrons. The van der Waals surface area contributed by atoms with E-state index in [1.807, 2.05) is 0 Å². The standard InChI is InChI=1S/C16H11BrF2N2O2/c17-14-6-5-13(19)8-11(14)9-21-15(20-23-16(21)22)7-10-1-3-12(18)4-2-10/h1-6,8H,7,9H2. The molecule has 1 heterocycles. The van der Waals surface area contributed by atoms with Crippen LogP contribution in [0.4, 0.5) is 8.78 Å². The third kappa shape index (κ3) is 3.56. The summed E-state index contributed by atoms with van der Waals surface area (Å²) in [6.45, 7) is 0.122. The van der Waals surface area contributed by atoms with Crippen LogP contribution in [0.25, 0.3) is 0 Å². The molecule has 7 heteroatoms. The smallest absolute Gasteiger partial charge is 0.296 e. The first-order valence-corrected chi connectivity index (χ1v) is 7.56. The summed E-state index contributed by atoms with van der Waals surface area (Å²) < 4.78 is 33.0. The molecule has 2 aromatic carbocycles. The molecule has 1 aromatic heterocycles. The van der Waals surface area contributed by atoms with Gasteiger partial charge in [-0.05, 0) is 41.5 Å². The van der Waals surface area contributed by atoms with Gasteiger partial charge in [0.15, 0.2) is 5.82 Å². The monoisotopic (exact) mass is 380 g/mol. The van der Waals surface area contributed by atoms with Crippen molar-refractivity contribution >= 4 is 15.9 Å². The number of nitrogens with zero attached hydrogens (tertiary/aromatic N) is 2. The summed E-state index contributed by atoms with van der Waals surface area (Å²) in [5.74, 6) is -0.973. The zero-order chi connectivity index (χ0) is 16.4. The SMILES string of the molecule is O=c1onc(Cc2ccc(F)cc2)n1Cc1cc(F)ccc1Br. The summed E-state index contributed by atoms with van der Waals surface area (Å²) in [6.07, 6.45) is 0.305. The molecule has 4 nitrogen and oxygen atoms in total. The van der Waals surface area contributed by atoms with Gasteiger partial charge in [-0.1, -0.05) is 33.2 Å². The van der Waals surface area contributed by atoms with Crippen molar-refractivity contribution in [2.24, 2.45) is 0 Å². The fraction of sp³-hybridized carbons (Fsp3) is 0.125. The molecule has 0 saturated heterocycles. The minimum Gasteiger partial charge on any atom is -0.296 e. The van der Waals surface area contributed by atoms with Crippen molar-refractivity contribution in [1.29, 1.82) is 0 Å². The highest BCUT2D eigenvalue weighted by molar-refractivity contribution is 9.10. The fourth-order valence-electron chi connectivity index (χ4n) is 2.20. The van der Waals surface area contributed by atoms with Gasteiger partial charge in [0, 0.05) is 10.9 Å². The second-order valence-corrected chi connectivity index (χ2v) is 5.84. The number of benzene rings is 2. The molecular formula is C16H11BrF2N2O2. The summed E-state index contributed by atoms with van der Waals surface area (Å²) in [5, 5.41) is 3.75. The molecule has 0 N–H and O–H groups in total. The van der Waals surface area contributed by atoms with Crippen LogP contribution in [0.1, 0.15) is 17.0 Å². The van der Waals surface area contributed by atoms with Crippen LogP contribution in [0.3, 0.4) is 0 Å². The highest BCUT2D eigenvalue weighted by Gasteiger charge is 2.13. The Kier molecular flexibility index (Phi) is 4.38. The predicted molar refractivity (Wildman–Crippen MR) is 83.2 cm³/mol. The van der Waals surface area contributed by atoms with Gasteiger partial charge < -0.3 is 0 Å². The number of hydrogen-bond donors (Lipinski definition) is 0. The molecule has 0 fully saturated rings. The minimum atomic E-state index is -0.627. The maximum atomic E-state index is 13.4. The van der Waals surface area contributed by atoms with Crippen molar-refractivity contribution in [1.82, 2.24) is 9.72 Å². The summed E-state index contributed by atoms with van der Waals surface area (Å²) in [7, 11) is 0. The zero-order valence-electron chi connectivity index (χ0n) is 11.8. The molecule has 3 aromatic rings. The Morgan fingerprint density at radius 1 is 1.09 bits per heavy atom. The lowest BCUT2D eigenvalue weighted by Crippen LogP contribution is -2.18. The van der Waals surface area contributed by atoms with Crippen molar-refractivity contribution in [3.63, 3.8) is 0 Å². The van der Waals surface area contributed by atoms with Gasteiger partial charge >= 0.3 is 5.76 Å². The molecule has 23 heavy (non-hydrogen) atoms. The number of halogens is 3. The maximum absolute atomic E-state index is 13.4. The lowest BCUT2D eigenvalue weighted by molar-refractivity contribution is 0.375. The van der Waals surface area contributed by atoms with Gasteiger partial charge in [-0.25, -0.2) is 13.6 Å². The number of aromatic nitrogens is 2. The van der Waals surface area contributed by atoms with Crippen LogP contribution in [0.5, 0.6) is 0 Å². The van der Waals surface area contributed by atoms with E-state index in [2.05, 4.69) is 21.1 Å². The van der Waals surface area contributed by atoms with Crippen LogP contribution in [-0.2, 0) is 13.0 Å². The van der Waals surface area contributed by atoms with Crippen LogP contribution in [0.15, 0.2) is 56.3 Å². The molecule has 0 aliphatic carbocycles. The summed E-state index contributed by atoms with van der Waals surface area (Å²) in [5.41, 5.74) is 1.38. The summed E-state index contributed by atoms with van der Waals surface area (Å²) in [4.78, 5) is 11.8. The van der Waals surface area contributed by atoms with Crippen molar-refractivity contribution in [3.8, 4) is 0 Å². The molecule has 0 aliphatic rings. The largest absolute Gasteiger partial charge is 0.441 e. The number of hydrogen-bond acceptors (Lipinski definition) is 3. The quantitative estimate of drug-likeness (QED) is 0.695. The normalized spacial score (nSPS) is 10.9. The van der Waals surface area contributed by atoms with E-state index in [0.29, 0.717) is 22.3 Å². The Balaban J connectivity index is 1.91. The molecule has 0 spiro atoms. The van der Waals surface area contributed by atoms with Gasteiger partial charge in [0.05, 0.1) is 6.54 Å². The van der Waals surface area contributed by atoms with Crippen LogP contribution in [0, 0.1) is 11.6 Å². The topological polar surface area (TPSA) is 48.0 Å². The van der Waals surface area contributed by atoms with E-state index < -0.39 is 11.6 Å². The van der Waals surface area contributed by atoms with Crippen molar-refractivity contribution in [2.75, 3.05) is 0 Å². The van der Waals surface area contributed by atoms with Gasteiger partial charge in [0.25, 0.3) is 0 Å². The van der Waals surface area contributed by atoms with Crippen molar-refractivity contribution in [3.05, 3.63) is 86.1 Å². The molecular weight excluding hydrogens is 370 g/mol. The Bertz CT molecular complexity index is 888. The van der Waals surface area contributed by atoms with E-state index in [9.17, 15) is 13.6 Å². The van der Waals surface area contributed by atoms with Crippen molar-refractivity contribution in [2.45, 2.75) is 13.0 Å². The molecule has 0 aliphatic heterocycles. The van der Waals surface area contributed by atoms with Crippen LogP contribution in [0.2, 0.25) is 0 Å². The highest BCUT2D eigenvalue weighted by Crippen LogP contribution is 2.19.